The molecule has 0 amide bonds. The third-order valence-electron chi connectivity index (χ3n) is 3.33. The lowest BCUT2D eigenvalue weighted by Crippen LogP contribution is -2.45. The zero-order valence-electron chi connectivity index (χ0n) is 10.2. The van der Waals surface area contributed by atoms with Crippen LogP contribution in [0.1, 0.15) is 24.8 Å². The first kappa shape index (κ1) is 14.1. The number of hydrogen-bond acceptors (Lipinski definition) is 3. The van der Waals surface area contributed by atoms with Crippen LogP contribution in [0.5, 0.6) is 0 Å². The molecule has 2 unspecified atom stereocenters. The maximum Gasteiger partial charge on any atom is 0.123 e. The second kappa shape index (κ2) is 6.75. The van der Waals surface area contributed by atoms with E-state index in [1.807, 2.05) is 11.8 Å². The van der Waals surface area contributed by atoms with Gasteiger partial charge < -0.3 is 0 Å². The van der Waals surface area contributed by atoms with E-state index >= 15 is 0 Å². The van der Waals surface area contributed by atoms with Gasteiger partial charge in [-0.2, -0.15) is 11.8 Å². The van der Waals surface area contributed by atoms with Gasteiger partial charge in [0, 0.05) is 16.3 Å². The van der Waals surface area contributed by atoms with Crippen molar-refractivity contribution in [3.05, 3.63) is 34.6 Å². The van der Waals surface area contributed by atoms with Gasteiger partial charge in [0.25, 0.3) is 0 Å². The van der Waals surface area contributed by atoms with Crippen molar-refractivity contribution in [1.82, 2.24) is 5.43 Å². The quantitative estimate of drug-likeness (QED) is 0.660. The fourth-order valence-corrected chi connectivity index (χ4v) is 3.93. The molecule has 0 aromatic heterocycles. The van der Waals surface area contributed by atoms with Crippen LogP contribution >= 0.6 is 23.4 Å². The van der Waals surface area contributed by atoms with Gasteiger partial charge >= 0.3 is 0 Å². The number of nitrogens with one attached hydrogen (secondary N) is 1. The molecule has 1 aliphatic rings. The molecule has 0 bridgehead atoms. The summed E-state index contributed by atoms with van der Waals surface area (Å²) >= 11 is 8.04. The summed E-state index contributed by atoms with van der Waals surface area (Å²) in [5, 5.41) is 1.10. The average molecular weight is 289 g/mol. The normalized spacial score (nSPS) is 21.8. The summed E-state index contributed by atoms with van der Waals surface area (Å²) in [6.45, 7) is 0. The van der Waals surface area contributed by atoms with Crippen molar-refractivity contribution >= 4 is 23.4 Å². The Labute approximate surface area is 116 Å². The lowest BCUT2D eigenvalue weighted by molar-refractivity contribution is 0.471. The van der Waals surface area contributed by atoms with Gasteiger partial charge in [0.2, 0.25) is 0 Å². The molecular weight excluding hydrogens is 271 g/mol. The Morgan fingerprint density at radius 1 is 1.50 bits per heavy atom. The summed E-state index contributed by atoms with van der Waals surface area (Å²) in [5.41, 5.74) is 3.69. The second-order valence-corrected chi connectivity index (χ2v) is 6.37. The van der Waals surface area contributed by atoms with Crippen molar-refractivity contribution in [1.29, 1.82) is 0 Å². The third-order valence-corrected chi connectivity index (χ3v) is 5.21. The van der Waals surface area contributed by atoms with Crippen LogP contribution in [0.2, 0.25) is 5.02 Å². The third kappa shape index (κ3) is 3.60. The van der Waals surface area contributed by atoms with E-state index in [4.69, 9.17) is 17.4 Å². The molecular formula is C13H18ClFN2S. The molecule has 100 valence electrons. The lowest BCUT2D eigenvalue weighted by Gasteiger charge is -2.29. The molecule has 2 rings (SSSR count). The maximum atomic E-state index is 13.2. The molecule has 1 fully saturated rings. The van der Waals surface area contributed by atoms with Crippen LogP contribution in [0.25, 0.3) is 0 Å². The molecule has 0 radical (unpaired) electrons. The lowest BCUT2D eigenvalue weighted by atomic mass is 10.00. The van der Waals surface area contributed by atoms with Crippen LogP contribution in [0.3, 0.4) is 0 Å². The molecule has 2 nitrogen and oxygen atoms in total. The maximum absolute atomic E-state index is 13.2. The molecule has 0 saturated carbocycles. The van der Waals surface area contributed by atoms with Gasteiger partial charge in [0.15, 0.2) is 0 Å². The Hall–Kier alpha value is -0.290. The number of rotatable bonds is 4. The first-order chi connectivity index (χ1) is 8.70. The molecule has 0 aliphatic carbocycles. The van der Waals surface area contributed by atoms with Crippen molar-refractivity contribution in [2.75, 3.05) is 5.75 Å². The molecule has 5 heteroatoms. The van der Waals surface area contributed by atoms with E-state index in [0.29, 0.717) is 16.7 Å². The summed E-state index contributed by atoms with van der Waals surface area (Å²) in [4.78, 5) is 0. The SMILES string of the molecule is NNC(Cc1cc(F)ccc1Cl)C1CCCCS1. The van der Waals surface area contributed by atoms with Crippen LogP contribution in [0.4, 0.5) is 4.39 Å². The standard InChI is InChI=1S/C13H18ClFN2S/c14-11-5-4-10(15)7-9(11)8-12(17-16)13-3-1-2-6-18-13/h4-5,7,12-13,17H,1-3,6,8,16H2. The monoisotopic (exact) mass is 288 g/mol. The number of halogens is 2. The van der Waals surface area contributed by atoms with Gasteiger partial charge in [-0.3, -0.25) is 11.3 Å². The second-order valence-electron chi connectivity index (χ2n) is 4.62. The minimum Gasteiger partial charge on any atom is -0.271 e. The summed E-state index contributed by atoms with van der Waals surface area (Å²) < 4.78 is 13.2. The van der Waals surface area contributed by atoms with Crippen molar-refractivity contribution < 1.29 is 4.39 Å². The molecule has 1 aliphatic heterocycles. The van der Waals surface area contributed by atoms with E-state index in [9.17, 15) is 4.39 Å². The number of hydrazine groups is 1. The molecule has 2 atom stereocenters. The predicted molar refractivity (Wildman–Crippen MR) is 76.3 cm³/mol. The van der Waals surface area contributed by atoms with Crippen molar-refractivity contribution in [2.45, 2.75) is 37.0 Å². The van der Waals surface area contributed by atoms with Crippen LogP contribution in [-0.4, -0.2) is 17.0 Å². The van der Waals surface area contributed by atoms with E-state index in [1.54, 1.807) is 6.07 Å². The van der Waals surface area contributed by atoms with Gasteiger partial charge in [-0.15, -0.1) is 0 Å². The smallest absolute Gasteiger partial charge is 0.123 e. The fourth-order valence-electron chi connectivity index (χ4n) is 2.32. The Balaban J connectivity index is 2.06. The predicted octanol–water partition coefficient (Wildman–Crippen LogP) is 3.14. The van der Waals surface area contributed by atoms with Crippen molar-refractivity contribution in [2.24, 2.45) is 5.84 Å². The summed E-state index contributed by atoms with van der Waals surface area (Å²) in [6.07, 6.45) is 4.35. The van der Waals surface area contributed by atoms with Gasteiger partial charge in [0.05, 0.1) is 0 Å². The average Bonchev–Trinajstić information content (AvgIpc) is 2.41. The molecule has 1 saturated heterocycles. The minimum absolute atomic E-state index is 0.148. The van der Waals surface area contributed by atoms with E-state index in [0.717, 1.165) is 12.0 Å². The zero-order valence-corrected chi connectivity index (χ0v) is 11.7. The highest BCUT2D eigenvalue weighted by atomic mass is 35.5. The zero-order chi connectivity index (χ0) is 13.0. The molecule has 0 spiro atoms. The van der Waals surface area contributed by atoms with Gasteiger partial charge in [-0.05, 0) is 48.8 Å². The van der Waals surface area contributed by atoms with Crippen LogP contribution in [0, 0.1) is 5.82 Å². The highest BCUT2D eigenvalue weighted by molar-refractivity contribution is 8.00. The molecule has 1 heterocycles. The fraction of sp³-hybridized carbons (Fsp3) is 0.538. The first-order valence-electron chi connectivity index (χ1n) is 6.22. The molecule has 1 aromatic carbocycles. The minimum atomic E-state index is -0.249. The van der Waals surface area contributed by atoms with Crippen LogP contribution in [-0.2, 0) is 6.42 Å². The van der Waals surface area contributed by atoms with Crippen LogP contribution < -0.4 is 11.3 Å². The molecule has 3 N–H and O–H groups in total. The Bertz CT molecular complexity index is 397. The van der Waals surface area contributed by atoms with E-state index in [-0.39, 0.29) is 11.9 Å². The number of thioether (sulfide) groups is 1. The highest BCUT2D eigenvalue weighted by Gasteiger charge is 2.24. The number of hydrogen-bond donors (Lipinski definition) is 2. The van der Waals surface area contributed by atoms with Crippen LogP contribution in [0.15, 0.2) is 18.2 Å². The van der Waals surface area contributed by atoms with Gasteiger partial charge in [0.1, 0.15) is 5.82 Å². The summed E-state index contributed by atoms with van der Waals surface area (Å²) in [5.74, 6) is 6.57. The highest BCUT2D eigenvalue weighted by Crippen LogP contribution is 2.30. The topological polar surface area (TPSA) is 38.0 Å². The van der Waals surface area contributed by atoms with Gasteiger partial charge in [-0.1, -0.05) is 18.0 Å². The Morgan fingerprint density at radius 3 is 3.00 bits per heavy atom. The molecule has 18 heavy (non-hydrogen) atoms. The van der Waals surface area contributed by atoms with Crippen molar-refractivity contribution in [3.8, 4) is 0 Å². The summed E-state index contributed by atoms with van der Waals surface area (Å²) in [6, 6.07) is 4.63. The Morgan fingerprint density at radius 2 is 2.33 bits per heavy atom. The summed E-state index contributed by atoms with van der Waals surface area (Å²) in [7, 11) is 0. The first-order valence-corrected chi connectivity index (χ1v) is 7.65. The van der Waals surface area contributed by atoms with E-state index in [1.165, 1.54) is 30.7 Å². The number of nitrogens with two attached hydrogens (primary N) is 1. The van der Waals surface area contributed by atoms with E-state index in [2.05, 4.69) is 5.43 Å². The number of benzene rings is 1. The van der Waals surface area contributed by atoms with E-state index < -0.39 is 0 Å². The van der Waals surface area contributed by atoms with Gasteiger partial charge in [-0.25, -0.2) is 4.39 Å². The van der Waals surface area contributed by atoms with Crippen molar-refractivity contribution in [3.63, 3.8) is 0 Å². The Kier molecular flexibility index (Phi) is 5.30. The molecule has 1 aromatic rings. The largest absolute Gasteiger partial charge is 0.271 e.